The first kappa shape index (κ1) is 20.1. The van der Waals surface area contributed by atoms with Crippen molar-refractivity contribution in [3.8, 4) is 21.8 Å². The van der Waals surface area contributed by atoms with Crippen molar-refractivity contribution in [2.45, 2.75) is 13.8 Å². The van der Waals surface area contributed by atoms with Crippen LogP contribution in [0, 0.1) is 6.92 Å². The fraction of sp³-hybridized carbons (Fsp3) is 0.136. The molecule has 0 saturated heterocycles. The molecule has 3 aromatic heterocycles. The van der Waals surface area contributed by atoms with Crippen LogP contribution >= 0.6 is 22.7 Å². The number of aromatic nitrogens is 1. The van der Waals surface area contributed by atoms with E-state index in [0.29, 0.717) is 21.9 Å². The molecule has 0 aliphatic heterocycles. The van der Waals surface area contributed by atoms with Crippen LogP contribution in [0.15, 0.2) is 57.7 Å². The highest BCUT2D eigenvalue weighted by molar-refractivity contribution is 7.15. The third-order valence-electron chi connectivity index (χ3n) is 4.37. The molecule has 3 heterocycles. The first-order valence-corrected chi connectivity index (χ1v) is 11.0. The van der Waals surface area contributed by atoms with Gasteiger partial charge in [-0.15, -0.1) is 22.7 Å². The molecule has 6 nitrogen and oxygen atoms in total. The fourth-order valence-electron chi connectivity index (χ4n) is 2.89. The number of aryl methyl sites for hydroxylation is 1. The average molecular weight is 439 g/mol. The Hall–Kier alpha value is -3.23. The highest BCUT2D eigenvalue weighted by Crippen LogP contribution is 2.36. The first-order valence-electron chi connectivity index (χ1n) is 9.24. The Morgan fingerprint density at radius 1 is 1.17 bits per heavy atom. The maximum atomic E-state index is 12.7. The second kappa shape index (κ2) is 8.64. The van der Waals surface area contributed by atoms with Gasteiger partial charge < -0.3 is 14.6 Å². The van der Waals surface area contributed by atoms with Gasteiger partial charge in [0.2, 0.25) is 0 Å². The van der Waals surface area contributed by atoms with Crippen LogP contribution in [-0.2, 0) is 4.74 Å². The standard InChI is InChI=1S/C22H18N2O4S2/c1-3-27-22(26)19-15(14-8-6-13(2)7-9-14)12-30-21(19)23-20(25)16-11-17(28-24-16)18-5-4-10-29-18/h4-12H,3H2,1-2H3,(H,23,25). The van der Waals surface area contributed by atoms with Crippen molar-refractivity contribution in [1.29, 1.82) is 0 Å². The van der Waals surface area contributed by atoms with Crippen molar-refractivity contribution >= 4 is 39.6 Å². The topological polar surface area (TPSA) is 81.4 Å². The largest absolute Gasteiger partial charge is 0.462 e. The van der Waals surface area contributed by atoms with Crippen LogP contribution in [0.25, 0.3) is 21.8 Å². The van der Waals surface area contributed by atoms with Gasteiger partial charge in [0.05, 0.1) is 11.5 Å². The van der Waals surface area contributed by atoms with Crippen LogP contribution in [0.5, 0.6) is 0 Å². The molecule has 0 saturated carbocycles. The molecule has 1 aromatic carbocycles. The summed E-state index contributed by atoms with van der Waals surface area (Å²) < 4.78 is 10.5. The Morgan fingerprint density at radius 3 is 2.67 bits per heavy atom. The van der Waals surface area contributed by atoms with Gasteiger partial charge in [-0.3, -0.25) is 4.79 Å². The van der Waals surface area contributed by atoms with Crippen LogP contribution < -0.4 is 5.32 Å². The summed E-state index contributed by atoms with van der Waals surface area (Å²) in [6, 6.07) is 13.2. The Balaban J connectivity index is 1.64. The monoisotopic (exact) mass is 438 g/mol. The maximum Gasteiger partial charge on any atom is 0.341 e. The zero-order chi connectivity index (χ0) is 21.1. The number of amides is 1. The summed E-state index contributed by atoms with van der Waals surface area (Å²) in [5, 5.41) is 10.8. The molecular formula is C22H18N2O4S2. The second-order valence-electron chi connectivity index (χ2n) is 6.45. The predicted octanol–water partition coefficient (Wildman–Crippen LogP) is 5.87. The van der Waals surface area contributed by atoms with Gasteiger partial charge in [-0.1, -0.05) is 41.1 Å². The quantitative estimate of drug-likeness (QED) is 0.381. The van der Waals surface area contributed by atoms with Crippen LogP contribution in [0.4, 0.5) is 5.00 Å². The first-order chi connectivity index (χ1) is 14.6. The number of esters is 1. The minimum Gasteiger partial charge on any atom is -0.462 e. The van der Waals surface area contributed by atoms with Gasteiger partial charge in [0.25, 0.3) is 5.91 Å². The number of nitrogens with zero attached hydrogens (tertiary/aromatic N) is 1. The molecule has 0 radical (unpaired) electrons. The third-order valence-corrected chi connectivity index (χ3v) is 6.15. The molecule has 0 aliphatic rings. The van der Waals surface area contributed by atoms with E-state index in [0.717, 1.165) is 16.0 Å². The van der Waals surface area contributed by atoms with Gasteiger partial charge in [-0.25, -0.2) is 4.79 Å². The third kappa shape index (κ3) is 4.05. The van der Waals surface area contributed by atoms with Crippen molar-refractivity contribution in [3.05, 3.63) is 70.0 Å². The molecule has 0 fully saturated rings. The highest BCUT2D eigenvalue weighted by atomic mass is 32.1. The van der Waals surface area contributed by atoms with Crippen molar-refractivity contribution in [2.24, 2.45) is 0 Å². The molecule has 152 valence electrons. The van der Waals surface area contributed by atoms with Crippen molar-refractivity contribution in [3.63, 3.8) is 0 Å². The number of nitrogens with one attached hydrogen (secondary N) is 1. The number of carbonyl (C=O) groups is 2. The van der Waals surface area contributed by atoms with E-state index in [1.165, 1.54) is 22.7 Å². The molecule has 8 heteroatoms. The lowest BCUT2D eigenvalue weighted by atomic mass is 10.0. The van der Waals surface area contributed by atoms with Gasteiger partial charge in [-0.05, 0) is 30.9 Å². The van der Waals surface area contributed by atoms with E-state index in [1.807, 2.05) is 54.1 Å². The number of ether oxygens (including phenoxy) is 1. The van der Waals surface area contributed by atoms with E-state index in [4.69, 9.17) is 9.26 Å². The number of rotatable bonds is 6. The van der Waals surface area contributed by atoms with Crippen LogP contribution in [0.2, 0.25) is 0 Å². The van der Waals surface area contributed by atoms with E-state index in [2.05, 4.69) is 10.5 Å². The number of hydrogen-bond donors (Lipinski definition) is 1. The van der Waals surface area contributed by atoms with Gasteiger partial charge >= 0.3 is 5.97 Å². The normalized spacial score (nSPS) is 10.7. The van der Waals surface area contributed by atoms with Crippen LogP contribution in [0.1, 0.15) is 33.3 Å². The van der Waals surface area contributed by atoms with Crippen molar-refractivity contribution in [1.82, 2.24) is 5.16 Å². The number of thiophene rings is 2. The number of carbonyl (C=O) groups excluding carboxylic acids is 2. The molecule has 4 rings (SSSR count). The number of benzene rings is 1. The van der Waals surface area contributed by atoms with E-state index in [1.54, 1.807) is 13.0 Å². The van der Waals surface area contributed by atoms with Gasteiger partial charge in [0, 0.05) is 17.0 Å². The summed E-state index contributed by atoms with van der Waals surface area (Å²) in [6.45, 7) is 3.98. The second-order valence-corrected chi connectivity index (χ2v) is 8.28. The van der Waals surface area contributed by atoms with Crippen molar-refractivity contribution < 1.29 is 18.8 Å². The Bertz CT molecular complexity index is 1170. The molecule has 0 bridgehead atoms. The smallest absolute Gasteiger partial charge is 0.341 e. The van der Waals surface area contributed by atoms with E-state index in [9.17, 15) is 9.59 Å². The minimum atomic E-state index is -0.482. The summed E-state index contributed by atoms with van der Waals surface area (Å²) in [4.78, 5) is 26.3. The van der Waals surface area contributed by atoms with Gasteiger partial charge in [-0.2, -0.15) is 0 Å². The molecule has 0 spiro atoms. The maximum absolute atomic E-state index is 12.7. The van der Waals surface area contributed by atoms with E-state index >= 15 is 0 Å². The zero-order valence-electron chi connectivity index (χ0n) is 16.3. The predicted molar refractivity (Wildman–Crippen MR) is 118 cm³/mol. The van der Waals surface area contributed by atoms with Gasteiger partial charge in [0.15, 0.2) is 11.5 Å². The highest BCUT2D eigenvalue weighted by Gasteiger charge is 2.24. The summed E-state index contributed by atoms with van der Waals surface area (Å²) in [5.41, 5.74) is 3.18. The summed E-state index contributed by atoms with van der Waals surface area (Å²) in [5.74, 6) is -0.416. The summed E-state index contributed by atoms with van der Waals surface area (Å²) >= 11 is 2.76. The molecule has 0 unspecified atom stereocenters. The fourth-order valence-corrected chi connectivity index (χ4v) is 4.51. The number of hydrogen-bond acceptors (Lipinski definition) is 7. The minimum absolute atomic E-state index is 0.137. The SMILES string of the molecule is CCOC(=O)c1c(-c2ccc(C)cc2)csc1NC(=O)c1cc(-c2cccs2)on1. The van der Waals surface area contributed by atoms with E-state index < -0.39 is 11.9 Å². The lowest BCUT2D eigenvalue weighted by Gasteiger charge is -2.08. The van der Waals surface area contributed by atoms with Crippen LogP contribution in [0.3, 0.4) is 0 Å². The Morgan fingerprint density at radius 2 is 1.97 bits per heavy atom. The Kier molecular flexibility index (Phi) is 5.78. The Labute approximate surface area is 181 Å². The zero-order valence-corrected chi connectivity index (χ0v) is 17.9. The molecule has 4 aromatic rings. The van der Waals surface area contributed by atoms with E-state index in [-0.39, 0.29) is 12.3 Å². The molecule has 0 atom stereocenters. The van der Waals surface area contributed by atoms with Gasteiger partial charge in [0.1, 0.15) is 10.6 Å². The molecule has 1 amide bonds. The molecular weight excluding hydrogens is 420 g/mol. The lowest BCUT2D eigenvalue weighted by molar-refractivity contribution is 0.0529. The average Bonchev–Trinajstić information content (AvgIpc) is 3.49. The molecule has 0 aliphatic carbocycles. The summed E-state index contributed by atoms with van der Waals surface area (Å²) in [6.07, 6.45) is 0. The lowest BCUT2D eigenvalue weighted by Crippen LogP contribution is -2.15. The molecule has 30 heavy (non-hydrogen) atoms. The van der Waals surface area contributed by atoms with Crippen LogP contribution in [-0.4, -0.2) is 23.6 Å². The molecule has 1 N–H and O–H groups in total. The number of anilines is 1. The van der Waals surface area contributed by atoms with Crippen molar-refractivity contribution in [2.75, 3.05) is 11.9 Å². The summed E-state index contributed by atoms with van der Waals surface area (Å²) in [7, 11) is 0.